The van der Waals surface area contributed by atoms with Crippen molar-refractivity contribution >= 4 is 43.6 Å². The number of rotatable bonds is 20. The summed E-state index contributed by atoms with van der Waals surface area (Å²) in [7, 11) is 10.5. The minimum absolute atomic E-state index is 0.0776. The van der Waals surface area contributed by atoms with Gasteiger partial charge >= 0.3 is 0 Å². The maximum atomic E-state index is 9.90. The molecule has 4 heterocycles. The maximum Gasteiger partial charge on any atom is 0.213 e. The summed E-state index contributed by atoms with van der Waals surface area (Å²) in [6, 6.07) is 85.1. The lowest BCUT2D eigenvalue weighted by Gasteiger charge is -2.17. The average Bonchev–Trinajstić information content (AvgIpc) is 0.735. The Labute approximate surface area is 675 Å². The fourth-order valence-electron chi connectivity index (χ4n) is 15.3. The highest BCUT2D eigenvalue weighted by Gasteiger charge is 2.24. The maximum absolute atomic E-state index is 9.90. The number of hydrogen-bond acceptors (Lipinski definition) is 14. The first-order chi connectivity index (χ1) is 56.6. The molecular weight excluding hydrogens is 1450 g/mol. The Bertz CT molecular complexity index is 6190. The van der Waals surface area contributed by atoms with Crippen molar-refractivity contribution in [2.75, 3.05) is 28.4 Å². The van der Waals surface area contributed by atoms with E-state index in [4.69, 9.17) is 18.9 Å². The van der Waals surface area contributed by atoms with Crippen molar-refractivity contribution in [3.05, 3.63) is 335 Å². The second kappa shape index (κ2) is 37.4. The number of pyridine rings is 4. The van der Waals surface area contributed by atoms with Gasteiger partial charge in [0.2, 0.25) is 11.0 Å². The number of nitrogens with zero attached hydrogens (tertiary/aromatic N) is 4. The van der Waals surface area contributed by atoms with E-state index >= 15 is 0 Å². The number of aliphatic hydroxyl groups excluding tert-OH is 8. The molecule has 0 amide bonds. The van der Waals surface area contributed by atoms with E-state index in [1.165, 1.54) is 38.9 Å². The Morgan fingerprint density at radius 2 is 0.629 bits per heavy atom. The molecule has 0 saturated heterocycles. The number of aliphatic hydroxyl groups is 8. The summed E-state index contributed by atoms with van der Waals surface area (Å²) in [5.74, 6) is 2.63. The van der Waals surface area contributed by atoms with Gasteiger partial charge in [-0.05, 0) is 198 Å². The monoisotopic (exact) mass is 1540 g/mol. The predicted molar refractivity (Wildman–Crippen MR) is 460 cm³/mol. The Morgan fingerprint density at radius 1 is 0.267 bits per heavy atom. The normalized spacial score (nSPS) is 11.0. The molecule has 0 radical (unpaired) electrons. The molecule has 116 heavy (non-hydrogen) atoms. The van der Waals surface area contributed by atoms with Gasteiger partial charge in [0.1, 0.15) is 14.1 Å². The molecule has 16 heteroatoms. The summed E-state index contributed by atoms with van der Waals surface area (Å²) >= 11 is 0. The zero-order valence-corrected chi connectivity index (χ0v) is 66.2. The fourth-order valence-corrected chi connectivity index (χ4v) is 15.3. The molecule has 0 aliphatic heterocycles. The van der Waals surface area contributed by atoms with Gasteiger partial charge in [0.05, 0.1) is 103 Å². The smallest absolute Gasteiger partial charge is 0.213 e. The summed E-state index contributed by atoms with van der Waals surface area (Å²) in [6.45, 7) is 3.38. The SMILES string of the molecule is COc1ccc(-c2c[n+](C)c3cc(CO)c(CO)cc3c2-c2ccccc2)cc1OC.COc1ccc(-c2cnc3cc(CO)c(CO)cc3c2-c2ccccc2)cc1OC.Cc1c(-c2ccccc2)cccc1-c1cc2cc(CO)c(CO)cc2[n+](C)c1.Cc1c(-c2ccccc2)cccc1-c1cnc2cc(CO)c(CO)cc2c1. The summed E-state index contributed by atoms with van der Waals surface area (Å²) in [6.07, 6.45) is 7.93. The highest BCUT2D eigenvalue weighted by molar-refractivity contribution is 6.04. The molecular formula is C100H94N4O12+2. The molecule has 0 bridgehead atoms. The largest absolute Gasteiger partial charge is 0.493 e. The van der Waals surface area contributed by atoms with Crippen molar-refractivity contribution in [2.45, 2.75) is 66.7 Å². The lowest BCUT2D eigenvalue weighted by molar-refractivity contribution is -0.644. The molecule has 0 aliphatic rings. The Balaban J connectivity index is 0.000000135. The second-order valence-corrected chi connectivity index (χ2v) is 28.2. The fraction of sp³-hybridized carbons (Fsp3) is 0.160. The summed E-state index contributed by atoms with van der Waals surface area (Å²) in [5.41, 5.74) is 29.2. The van der Waals surface area contributed by atoms with Crippen LogP contribution in [0, 0.1) is 13.8 Å². The minimum atomic E-state index is -0.152. The van der Waals surface area contributed by atoms with Gasteiger partial charge in [-0.15, -0.1) is 0 Å². The predicted octanol–water partition coefficient (Wildman–Crippen LogP) is 17.7. The number of benzene rings is 12. The second-order valence-electron chi connectivity index (χ2n) is 28.2. The first kappa shape index (κ1) is 81.2. The Hall–Kier alpha value is -12.8. The van der Waals surface area contributed by atoms with E-state index in [2.05, 4.69) is 150 Å². The van der Waals surface area contributed by atoms with Crippen LogP contribution in [0.5, 0.6) is 23.0 Å². The standard InChI is InChI=1S/C26H26NO4.C25H23NO4.C25H24NO2.C24H21NO2/c1-27-14-22(18-9-10-24(30-2)25(13-18)31-3)26(17-7-5-4-6-8-17)21-11-19(15-28)20(16-29)12-23(21)27;1-29-23-9-8-17(12-24(23)30-2)21-13-26-22-11-19(15-28)18(14-27)10-20(22)25(21)16-6-4-3-5-7-16;1-17-23(18-7-4-3-5-8-18)9-6-10-24(17)20-11-19-12-21(15-27)22(16-28)13-25(19)26(2)14-20;1-16-22(17-6-3-2-4-7-17)8-5-9-23(16)19-10-18-11-20(14-26)21(15-27)12-24(18)25-13-19/h4-14,28-29H,15-16H2,1-3H3;3-13,27-28H,14-15H2,1-2H3;3-14,27-28H,15-16H2,1-2H3;2-13,26-27H,14-15H2,1H3/q+1;;+1;. The van der Waals surface area contributed by atoms with Crippen LogP contribution in [0.25, 0.3) is 133 Å². The van der Waals surface area contributed by atoms with Crippen molar-refractivity contribution in [3.63, 3.8) is 0 Å². The van der Waals surface area contributed by atoms with Gasteiger partial charge in [-0.2, -0.15) is 0 Å². The van der Waals surface area contributed by atoms with E-state index < -0.39 is 0 Å². The van der Waals surface area contributed by atoms with Gasteiger partial charge in [0, 0.05) is 68.5 Å². The molecule has 0 atom stereocenters. The van der Waals surface area contributed by atoms with E-state index in [9.17, 15) is 40.9 Å². The van der Waals surface area contributed by atoms with Gasteiger partial charge in [-0.1, -0.05) is 170 Å². The molecule has 8 N–H and O–H groups in total. The van der Waals surface area contributed by atoms with Crippen LogP contribution < -0.4 is 28.1 Å². The van der Waals surface area contributed by atoms with Gasteiger partial charge in [0.25, 0.3) is 0 Å². The van der Waals surface area contributed by atoms with Crippen LogP contribution in [0.2, 0.25) is 0 Å². The van der Waals surface area contributed by atoms with Crippen molar-refractivity contribution < 1.29 is 68.9 Å². The van der Waals surface area contributed by atoms with Crippen LogP contribution in [0.1, 0.15) is 55.6 Å². The topological polar surface area (TPSA) is 232 Å². The molecule has 0 saturated carbocycles. The quantitative estimate of drug-likeness (QED) is 0.0332. The molecule has 16 nitrogen and oxygen atoms in total. The first-order valence-corrected chi connectivity index (χ1v) is 38.2. The Kier molecular flexibility index (Phi) is 26.2. The van der Waals surface area contributed by atoms with Crippen LogP contribution >= 0.6 is 0 Å². The van der Waals surface area contributed by atoms with Crippen molar-refractivity contribution in [1.29, 1.82) is 0 Å². The lowest BCUT2D eigenvalue weighted by atomic mass is 9.90. The van der Waals surface area contributed by atoms with Crippen LogP contribution in [0.4, 0.5) is 0 Å². The summed E-state index contributed by atoms with van der Waals surface area (Å²) < 4.78 is 25.9. The van der Waals surface area contributed by atoms with Crippen molar-refractivity contribution in [2.24, 2.45) is 14.1 Å². The van der Waals surface area contributed by atoms with E-state index in [0.29, 0.717) is 39.7 Å². The number of aromatic nitrogens is 4. The number of ether oxygens (including phenoxy) is 4. The molecule has 584 valence electrons. The van der Waals surface area contributed by atoms with E-state index in [1.54, 1.807) is 28.4 Å². The summed E-state index contributed by atoms with van der Waals surface area (Å²) in [5, 5.41) is 81.4. The highest BCUT2D eigenvalue weighted by Crippen LogP contribution is 2.44. The van der Waals surface area contributed by atoms with Gasteiger partial charge < -0.3 is 59.8 Å². The molecule has 0 fully saturated rings. The zero-order valence-electron chi connectivity index (χ0n) is 66.2. The molecule has 4 aromatic heterocycles. The number of aryl methyl sites for hydroxylation is 2. The van der Waals surface area contributed by atoms with E-state index in [1.807, 2.05) is 177 Å². The minimum Gasteiger partial charge on any atom is -0.493 e. The number of fused-ring (bicyclic) bond motifs is 4. The van der Waals surface area contributed by atoms with E-state index in [-0.39, 0.29) is 52.9 Å². The van der Waals surface area contributed by atoms with Crippen LogP contribution in [-0.2, 0) is 67.0 Å². The number of methoxy groups -OCH3 is 4. The third kappa shape index (κ3) is 17.2. The van der Waals surface area contributed by atoms with Gasteiger partial charge in [-0.3, -0.25) is 9.97 Å². The molecule has 0 aliphatic carbocycles. The van der Waals surface area contributed by atoms with Crippen LogP contribution in [0.3, 0.4) is 0 Å². The van der Waals surface area contributed by atoms with Crippen molar-refractivity contribution in [1.82, 2.24) is 9.97 Å². The third-order valence-electron chi connectivity index (χ3n) is 21.5. The highest BCUT2D eigenvalue weighted by atomic mass is 16.5. The first-order valence-electron chi connectivity index (χ1n) is 38.2. The van der Waals surface area contributed by atoms with Gasteiger partial charge in [-0.25, -0.2) is 9.13 Å². The lowest BCUT2D eigenvalue weighted by Crippen LogP contribution is -2.29. The number of hydrogen-bond donors (Lipinski definition) is 8. The molecule has 0 spiro atoms. The van der Waals surface area contributed by atoms with Crippen molar-refractivity contribution in [3.8, 4) is 112 Å². The third-order valence-corrected chi connectivity index (χ3v) is 21.5. The molecule has 12 aromatic carbocycles. The summed E-state index contributed by atoms with van der Waals surface area (Å²) in [4.78, 5) is 9.25. The van der Waals surface area contributed by atoms with E-state index in [0.717, 1.165) is 133 Å². The zero-order chi connectivity index (χ0) is 81.5. The molecule has 0 unspecified atom stereocenters. The average molecular weight is 1540 g/mol. The molecule has 16 rings (SSSR count). The van der Waals surface area contributed by atoms with Gasteiger partial charge in [0.15, 0.2) is 35.4 Å². The Morgan fingerprint density at radius 3 is 1.10 bits per heavy atom. The van der Waals surface area contributed by atoms with Crippen LogP contribution in [0.15, 0.2) is 280 Å². The van der Waals surface area contributed by atoms with Crippen LogP contribution in [-0.4, -0.2) is 79.3 Å². The molecule has 16 aromatic rings.